The fourth-order valence-corrected chi connectivity index (χ4v) is 1.85. The van der Waals surface area contributed by atoms with Crippen molar-refractivity contribution >= 4 is 0 Å². The molecule has 3 heteroatoms. The summed E-state index contributed by atoms with van der Waals surface area (Å²) in [6.07, 6.45) is 9.00. The van der Waals surface area contributed by atoms with Gasteiger partial charge in [0.05, 0.1) is 5.69 Å². The lowest BCUT2D eigenvalue weighted by Crippen LogP contribution is -2.11. The van der Waals surface area contributed by atoms with Gasteiger partial charge in [-0.25, -0.2) is 0 Å². The van der Waals surface area contributed by atoms with E-state index in [0.29, 0.717) is 0 Å². The molecule has 1 aromatic rings. The molecule has 0 aliphatic rings. The maximum absolute atomic E-state index is 4.54. The Kier molecular flexibility index (Phi) is 6.63. The van der Waals surface area contributed by atoms with Gasteiger partial charge < -0.3 is 5.32 Å². The summed E-state index contributed by atoms with van der Waals surface area (Å²) < 4.78 is 2.08. The Balaban J connectivity index is 2.31. The first kappa shape index (κ1) is 14.0. The number of aromatic nitrogens is 2. The number of hydrogen-bond acceptors (Lipinski definition) is 2. The van der Waals surface area contributed by atoms with E-state index in [0.717, 1.165) is 31.7 Å². The highest BCUT2D eigenvalue weighted by molar-refractivity contribution is 5.14. The van der Waals surface area contributed by atoms with Crippen molar-refractivity contribution in [2.45, 2.75) is 52.6 Å². The second kappa shape index (κ2) is 8.07. The molecule has 3 nitrogen and oxygen atoms in total. The van der Waals surface area contributed by atoms with Crippen molar-refractivity contribution in [1.29, 1.82) is 0 Å². The van der Waals surface area contributed by atoms with Crippen LogP contribution in [0.3, 0.4) is 0 Å². The first-order valence-electron chi connectivity index (χ1n) is 6.62. The summed E-state index contributed by atoms with van der Waals surface area (Å²) in [4.78, 5) is 0. The molecule has 1 aromatic heterocycles. The molecule has 1 heterocycles. The Hall–Kier alpha value is -1.09. The summed E-state index contributed by atoms with van der Waals surface area (Å²) in [6, 6.07) is 0. The van der Waals surface area contributed by atoms with E-state index in [4.69, 9.17) is 0 Å². The summed E-state index contributed by atoms with van der Waals surface area (Å²) in [5, 5.41) is 7.88. The van der Waals surface area contributed by atoms with Crippen molar-refractivity contribution in [3.63, 3.8) is 0 Å². The smallest absolute Gasteiger partial charge is 0.0638 e. The minimum Gasteiger partial charge on any atom is -0.313 e. The molecule has 0 unspecified atom stereocenters. The fraction of sp³-hybridized carbons (Fsp3) is 0.643. The minimum absolute atomic E-state index is 0.929. The minimum atomic E-state index is 0.929. The van der Waals surface area contributed by atoms with Gasteiger partial charge in [0.1, 0.15) is 0 Å². The maximum atomic E-state index is 4.54. The van der Waals surface area contributed by atoms with Crippen molar-refractivity contribution in [3.8, 4) is 0 Å². The van der Waals surface area contributed by atoms with Crippen LogP contribution < -0.4 is 5.32 Å². The number of nitrogens with one attached hydrogen (secondary N) is 1. The lowest BCUT2D eigenvalue weighted by atomic mass is 10.2. The van der Waals surface area contributed by atoms with E-state index in [1.165, 1.54) is 24.8 Å². The van der Waals surface area contributed by atoms with Crippen molar-refractivity contribution in [3.05, 3.63) is 30.1 Å². The molecule has 0 saturated heterocycles. The van der Waals surface area contributed by atoms with Crippen molar-refractivity contribution in [1.82, 2.24) is 15.1 Å². The highest BCUT2D eigenvalue weighted by atomic mass is 15.3. The molecule has 0 spiro atoms. The van der Waals surface area contributed by atoms with Crippen LogP contribution in [0.4, 0.5) is 0 Å². The lowest BCUT2D eigenvalue weighted by molar-refractivity contribution is 0.543. The monoisotopic (exact) mass is 235 g/mol. The highest BCUT2D eigenvalue weighted by Gasteiger charge is 2.03. The molecule has 0 bridgehead atoms. The first-order chi connectivity index (χ1) is 8.27. The molecule has 0 radical (unpaired) electrons. The molecule has 96 valence electrons. The Bertz CT molecular complexity index is 328. The van der Waals surface area contributed by atoms with Gasteiger partial charge in [-0.15, -0.1) is 6.58 Å². The van der Waals surface area contributed by atoms with Crippen LogP contribution in [-0.4, -0.2) is 16.3 Å². The van der Waals surface area contributed by atoms with Crippen LogP contribution in [0.1, 0.15) is 43.9 Å². The van der Waals surface area contributed by atoms with E-state index in [-0.39, 0.29) is 0 Å². The van der Waals surface area contributed by atoms with Gasteiger partial charge in [0.2, 0.25) is 0 Å². The fourth-order valence-electron chi connectivity index (χ4n) is 1.85. The maximum Gasteiger partial charge on any atom is 0.0638 e. The number of hydrogen-bond donors (Lipinski definition) is 1. The molecular weight excluding hydrogens is 210 g/mol. The van der Waals surface area contributed by atoms with Crippen LogP contribution in [-0.2, 0) is 13.1 Å². The number of unbranched alkanes of at least 4 members (excludes halogenated alkanes) is 3. The summed E-state index contributed by atoms with van der Waals surface area (Å²) in [5.74, 6) is 0. The molecule has 17 heavy (non-hydrogen) atoms. The summed E-state index contributed by atoms with van der Waals surface area (Å²) in [7, 11) is 0. The third-order valence-corrected chi connectivity index (χ3v) is 2.91. The molecular formula is C14H25N3. The van der Waals surface area contributed by atoms with E-state index in [9.17, 15) is 0 Å². The zero-order valence-corrected chi connectivity index (χ0v) is 11.2. The summed E-state index contributed by atoms with van der Waals surface area (Å²) >= 11 is 0. The number of nitrogens with zero attached hydrogens (tertiary/aromatic N) is 2. The Morgan fingerprint density at radius 2 is 2.24 bits per heavy atom. The van der Waals surface area contributed by atoms with E-state index < -0.39 is 0 Å². The van der Waals surface area contributed by atoms with Gasteiger partial charge in [0, 0.05) is 24.8 Å². The normalized spacial score (nSPS) is 10.7. The zero-order chi connectivity index (χ0) is 12.5. The Labute approximate surface area is 105 Å². The SMILES string of the molecule is C=CCCCCCn1cc(CNCC)c(C)n1. The van der Waals surface area contributed by atoms with Crippen LogP contribution in [0.2, 0.25) is 0 Å². The highest BCUT2D eigenvalue weighted by Crippen LogP contribution is 2.07. The molecule has 0 fully saturated rings. The first-order valence-corrected chi connectivity index (χ1v) is 6.62. The largest absolute Gasteiger partial charge is 0.313 e. The average molecular weight is 235 g/mol. The van der Waals surface area contributed by atoms with Gasteiger partial charge in [-0.2, -0.15) is 5.10 Å². The average Bonchev–Trinajstić information content (AvgIpc) is 2.67. The van der Waals surface area contributed by atoms with Crippen molar-refractivity contribution in [2.24, 2.45) is 0 Å². The van der Waals surface area contributed by atoms with Crippen LogP contribution >= 0.6 is 0 Å². The Morgan fingerprint density at radius 1 is 1.41 bits per heavy atom. The third-order valence-electron chi connectivity index (χ3n) is 2.91. The van der Waals surface area contributed by atoms with Gasteiger partial charge in [0.25, 0.3) is 0 Å². The van der Waals surface area contributed by atoms with Gasteiger partial charge >= 0.3 is 0 Å². The summed E-state index contributed by atoms with van der Waals surface area (Å²) in [6.45, 7) is 10.9. The Morgan fingerprint density at radius 3 is 2.94 bits per heavy atom. The van der Waals surface area contributed by atoms with E-state index in [1.54, 1.807) is 0 Å². The molecule has 1 N–H and O–H groups in total. The summed E-state index contributed by atoms with van der Waals surface area (Å²) in [5.41, 5.74) is 2.47. The van der Waals surface area contributed by atoms with E-state index in [1.807, 2.05) is 6.08 Å². The number of aryl methyl sites for hydroxylation is 2. The van der Waals surface area contributed by atoms with Gasteiger partial charge in [-0.1, -0.05) is 19.4 Å². The predicted molar refractivity (Wildman–Crippen MR) is 73.0 cm³/mol. The lowest BCUT2D eigenvalue weighted by Gasteiger charge is -2.00. The molecule has 0 amide bonds. The van der Waals surface area contributed by atoms with E-state index in [2.05, 4.69) is 41.7 Å². The zero-order valence-electron chi connectivity index (χ0n) is 11.2. The third kappa shape index (κ3) is 5.18. The molecule has 0 aliphatic carbocycles. The number of rotatable bonds is 9. The van der Waals surface area contributed by atoms with E-state index >= 15 is 0 Å². The second-order valence-electron chi connectivity index (χ2n) is 4.42. The van der Waals surface area contributed by atoms with Gasteiger partial charge in [0.15, 0.2) is 0 Å². The van der Waals surface area contributed by atoms with Gasteiger partial charge in [-0.3, -0.25) is 4.68 Å². The molecule has 1 rings (SSSR count). The van der Waals surface area contributed by atoms with Crippen LogP contribution in [0, 0.1) is 6.92 Å². The van der Waals surface area contributed by atoms with Crippen LogP contribution in [0.5, 0.6) is 0 Å². The molecule has 0 aliphatic heterocycles. The molecule has 0 atom stereocenters. The molecule has 0 saturated carbocycles. The van der Waals surface area contributed by atoms with Gasteiger partial charge in [-0.05, 0) is 32.7 Å². The van der Waals surface area contributed by atoms with Crippen molar-refractivity contribution < 1.29 is 0 Å². The quantitative estimate of drug-likeness (QED) is 0.526. The molecule has 0 aromatic carbocycles. The number of allylic oxidation sites excluding steroid dienone is 1. The van der Waals surface area contributed by atoms with Crippen LogP contribution in [0.15, 0.2) is 18.9 Å². The standard InChI is InChI=1S/C14H25N3/c1-4-6-7-8-9-10-17-12-14(11-15-5-2)13(3)16-17/h4,12,15H,1,5-11H2,2-3H3. The topological polar surface area (TPSA) is 29.9 Å². The second-order valence-corrected chi connectivity index (χ2v) is 4.42. The van der Waals surface area contributed by atoms with Crippen molar-refractivity contribution in [2.75, 3.05) is 6.54 Å². The van der Waals surface area contributed by atoms with Crippen LogP contribution in [0.25, 0.3) is 0 Å². The predicted octanol–water partition coefficient (Wildman–Crippen LogP) is 3.05.